The fourth-order valence-electron chi connectivity index (χ4n) is 3.89. The summed E-state index contributed by atoms with van der Waals surface area (Å²) in [6.45, 7) is 4.03. The highest BCUT2D eigenvalue weighted by molar-refractivity contribution is 7.85. The Morgan fingerprint density at radius 3 is 2.56 bits per heavy atom. The second-order valence-electron chi connectivity index (χ2n) is 7.01. The van der Waals surface area contributed by atoms with Crippen LogP contribution in [0.15, 0.2) is 53.4 Å². The van der Waals surface area contributed by atoms with Crippen molar-refractivity contribution in [3.63, 3.8) is 0 Å². The topological polar surface area (TPSA) is 66.8 Å². The van der Waals surface area contributed by atoms with Gasteiger partial charge in [0.1, 0.15) is 5.75 Å². The van der Waals surface area contributed by atoms with Gasteiger partial charge in [-0.15, -0.1) is 0 Å². The smallest absolute Gasteiger partial charge is 0.294 e. The van der Waals surface area contributed by atoms with Crippen LogP contribution in [-0.4, -0.2) is 25.7 Å². The zero-order chi connectivity index (χ0) is 18.0. The quantitative estimate of drug-likeness (QED) is 0.792. The molecule has 1 N–H and O–H groups in total. The van der Waals surface area contributed by atoms with Gasteiger partial charge in [-0.05, 0) is 55.8 Å². The number of fused-ring (bicyclic) bond motifs is 2. The lowest BCUT2D eigenvalue weighted by Crippen LogP contribution is -2.58. The maximum atomic E-state index is 11.6. The van der Waals surface area contributed by atoms with Gasteiger partial charge in [0.15, 0.2) is 0 Å². The lowest BCUT2D eigenvalue weighted by Gasteiger charge is -2.45. The van der Waals surface area contributed by atoms with Crippen LogP contribution >= 0.6 is 0 Å². The molecule has 0 aromatic heterocycles. The summed E-state index contributed by atoms with van der Waals surface area (Å²) in [6.07, 6.45) is 4.05. The molecule has 2 aromatic rings. The van der Waals surface area contributed by atoms with Crippen molar-refractivity contribution in [2.75, 3.05) is 11.9 Å². The molecule has 0 saturated carbocycles. The Balaban J connectivity index is 1.91. The third kappa shape index (κ3) is 2.07. The number of ether oxygens (including phenoxy) is 1. The van der Waals surface area contributed by atoms with Crippen molar-refractivity contribution in [1.29, 1.82) is 0 Å². The predicted octanol–water partition coefficient (Wildman–Crippen LogP) is 3.46. The van der Waals surface area contributed by atoms with E-state index >= 15 is 0 Å². The highest BCUT2D eigenvalue weighted by atomic mass is 32.2. The van der Waals surface area contributed by atoms with Gasteiger partial charge in [-0.1, -0.05) is 18.2 Å². The van der Waals surface area contributed by atoms with Crippen LogP contribution < -0.4 is 9.64 Å². The van der Waals surface area contributed by atoms with E-state index < -0.39 is 21.3 Å². The van der Waals surface area contributed by atoms with Crippen LogP contribution in [0.5, 0.6) is 5.75 Å². The number of hydrogen-bond acceptors (Lipinski definition) is 4. The maximum Gasteiger partial charge on any atom is 0.294 e. The average molecular weight is 357 g/mol. The number of hydrogen-bond donors (Lipinski definition) is 1. The molecule has 0 amide bonds. The highest BCUT2D eigenvalue weighted by Crippen LogP contribution is 2.54. The molecule has 130 valence electrons. The lowest BCUT2D eigenvalue weighted by atomic mass is 9.76. The monoisotopic (exact) mass is 357 g/mol. The summed E-state index contributed by atoms with van der Waals surface area (Å²) >= 11 is 0. The van der Waals surface area contributed by atoms with E-state index in [2.05, 4.69) is 0 Å². The predicted molar refractivity (Wildman–Crippen MR) is 96.5 cm³/mol. The number of rotatable bonds is 1. The standard InChI is InChI=1S/C19H19NO4S/c1-18(2)15-12-14(25(21,22)23)8-9-16(15)20(3)19(18)11-10-13-6-4-5-7-17(13)24-19/h4-12H,1-3H3,(H,21,22,23). The first kappa shape index (κ1) is 16.2. The number of likely N-dealkylation sites (N-methyl/N-ethyl adjacent to an activating group) is 1. The van der Waals surface area contributed by atoms with Gasteiger partial charge in [0, 0.05) is 18.3 Å². The number of para-hydroxylation sites is 1. The van der Waals surface area contributed by atoms with Crippen LogP contribution in [0.3, 0.4) is 0 Å². The van der Waals surface area contributed by atoms with E-state index in [1.807, 2.05) is 62.2 Å². The molecule has 0 aliphatic carbocycles. The minimum atomic E-state index is -4.26. The number of benzene rings is 2. The number of anilines is 1. The van der Waals surface area contributed by atoms with Gasteiger partial charge in [-0.25, -0.2) is 0 Å². The highest BCUT2D eigenvalue weighted by Gasteiger charge is 2.57. The maximum absolute atomic E-state index is 11.6. The molecular formula is C19H19NO4S. The molecule has 5 nitrogen and oxygen atoms in total. The van der Waals surface area contributed by atoms with Crippen molar-refractivity contribution < 1.29 is 17.7 Å². The van der Waals surface area contributed by atoms with Crippen LogP contribution in [0.25, 0.3) is 6.08 Å². The SMILES string of the molecule is CN1c2ccc(S(=O)(=O)O)cc2C(C)(C)C12C=Cc1ccccc1O2. The molecule has 25 heavy (non-hydrogen) atoms. The van der Waals surface area contributed by atoms with E-state index in [1.165, 1.54) is 12.1 Å². The van der Waals surface area contributed by atoms with E-state index in [0.717, 1.165) is 22.6 Å². The lowest BCUT2D eigenvalue weighted by molar-refractivity contribution is 0.0581. The molecular weight excluding hydrogens is 338 g/mol. The van der Waals surface area contributed by atoms with Crippen LogP contribution in [0, 0.1) is 0 Å². The van der Waals surface area contributed by atoms with Crippen LogP contribution in [-0.2, 0) is 15.5 Å². The van der Waals surface area contributed by atoms with Crippen molar-refractivity contribution in [3.8, 4) is 5.75 Å². The summed E-state index contributed by atoms with van der Waals surface area (Å²) in [5, 5.41) is 0. The minimum absolute atomic E-state index is 0.107. The van der Waals surface area contributed by atoms with E-state index in [4.69, 9.17) is 4.74 Å². The minimum Gasteiger partial charge on any atom is -0.463 e. The molecule has 2 aliphatic rings. The Bertz CT molecular complexity index is 1010. The van der Waals surface area contributed by atoms with E-state index in [1.54, 1.807) is 6.07 Å². The van der Waals surface area contributed by atoms with Crippen LogP contribution in [0.2, 0.25) is 0 Å². The fraction of sp³-hybridized carbons (Fsp3) is 0.263. The molecule has 1 unspecified atom stereocenters. The van der Waals surface area contributed by atoms with Gasteiger partial charge < -0.3 is 9.64 Å². The zero-order valence-corrected chi connectivity index (χ0v) is 15.0. The molecule has 0 radical (unpaired) electrons. The second kappa shape index (κ2) is 4.86. The van der Waals surface area contributed by atoms with Crippen molar-refractivity contribution >= 4 is 21.9 Å². The summed E-state index contributed by atoms with van der Waals surface area (Å²) in [5.74, 6) is 0.785. The molecule has 2 heterocycles. The molecule has 4 rings (SSSR count). The van der Waals surface area contributed by atoms with E-state index in [0.29, 0.717) is 0 Å². The van der Waals surface area contributed by atoms with Gasteiger partial charge in [0.25, 0.3) is 10.1 Å². The Kier molecular flexibility index (Phi) is 3.15. The Labute approximate surface area is 147 Å². The van der Waals surface area contributed by atoms with E-state index in [-0.39, 0.29) is 4.90 Å². The normalized spacial score (nSPS) is 23.3. The van der Waals surface area contributed by atoms with Gasteiger partial charge in [0.05, 0.1) is 10.3 Å². The molecule has 1 atom stereocenters. The van der Waals surface area contributed by atoms with Gasteiger partial charge in [0.2, 0.25) is 5.72 Å². The van der Waals surface area contributed by atoms with E-state index in [9.17, 15) is 13.0 Å². The molecule has 2 aromatic carbocycles. The summed E-state index contributed by atoms with van der Waals surface area (Å²) in [7, 11) is -2.33. The molecule has 0 bridgehead atoms. The largest absolute Gasteiger partial charge is 0.463 e. The third-order valence-corrected chi connectivity index (χ3v) is 6.22. The Morgan fingerprint density at radius 1 is 1.12 bits per heavy atom. The van der Waals surface area contributed by atoms with Crippen LogP contribution in [0.4, 0.5) is 5.69 Å². The summed E-state index contributed by atoms with van der Waals surface area (Å²) < 4.78 is 39.0. The Hall–Kier alpha value is -2.31. The first-order valence-electron chi connectivity index (χ1n) is 8.00. The third-order valence-electron chi connectivity index (χ3n) is 5.37. The molecule has 0 saturated heterocycles. The van der Waals surface area contributed by atoms with Crippen molar-refractivity contribution in [3.05, 3.63) is 59.7 Å². The average Bonchev–Trinajstić information content (AvgIpc) is 2.73. The second-order valence-corrected chi connectivity index (χ2v) is 8.43. The fourth-order valence-corrected chi connectivity index (χ4v) is 4.40. The summed E-state index contributed by atoms with van der Waals surface area (Å²) in [6, 6.07) is 12.5. The summed E-state index contributed by atoms with van der Waals surface area (Å²) in [5.41, 5.74) is 1.38. The first-order valence-corrected chi connectivity index (χ1v) is 9.44. The van der Waals surface area contributed by atoms with Gasteiger partial charge in [-0.2, -0.15) is 8.42 Å². The van der Waals surface area contributed by atoms with Crippen molar-refractivity contribution in [1.82, 2.24) is 0 Å². The molecule has 2 aliphatic heterocycles. The molecule has 1 spiro atoms. The zero-order valence-electron chi connectivity index (χ0n) is 14.2. The molecule has 0 fully saturated rings. The van der Waals surface area contributed by atoms with Crippen molar-refractivity contribution in [2.45, 2.75) is 29.9 Å². The first-order chi connectivity index (χ1) is 11.7. The number of nitrogens with zero attached hydrogens (tertiary/aromatic N) is 1. The van der Waals surface area contributed by atoms with Gasteiger partial charge in [-0.3, -0.25) is 4.55 Å². The van der Waals surface area contributed by atoms with Crippen LogP contribution in [0.1, 0.15) is 25.0 Å². The summed E-state index contributed by atoms with van der Waals surface area (Å²) in [4.78, 5) is 1.91. The van der Waals surface area contributed by atoms with Crippen molar-refractivity contribution in [2.24, 2.45) is 0 Å². The molecule has 6 heteroatoms. The van der Waals surface area contributed by atoms with Gasteiger partial charge >= 0.3 is 0 Å². The Morgan fingerprint density at radius 2 is 1.84 bits per heavy atom.